The molecule has 0 heterocycles. The van der Waals surface area contributed by atoms with Crippen molar-refractivity contribution in [3.8, 4) is 0 Å². The van der Waals surface area contributed by atoms with Gasteiger partial charge < -0.3 is 5.11 Å². The van der Waals surface area contributed by atoms with E-state index >= 15 is 0 Å². The molecular formula is C15H30ClO2Sn. The van der Waals surface area contributed by atoms with Gasteiger partial charge in [-0.25, -0.2) is 4.79 Å². The van der Waals surface area contributed by atoms with Gasteiger partial charge in [0.2, 0.25) is 0 Å². The molecule has 0 saturated heterocycles. The molecule has 0 aliphatic heterocycles. The Hall–Kier alpha value is 0.299. The first-order valence-electron chi connectivity index (χ1n) is 7.40. The fourth-order valence-electron chi connectivity index (χ4n) is 1.66. The van der Waals surface area contributed by atoms with E-state index < -0.39 is 25.7 Å². The standard InChI is InChI=1S/3C4H9.C3H3ClO2.Sn/c3*1-3-4-2;1-2(4)3(5)6;/h3*1,3-4H2,2H3;1H2,(H,5,6);. The fraction of sp³-hybridized carbons (Fsp3) is 0.800. The van der Waals surface area contributed by atoms with Gasteiger partial charge in [0.15, 0.2) is 0 Å². The van der Waals surface area contributed by atoms with Gasteiger partial charge in [-0.1, -0.05) is 18.2 Å². The van der Waals surface area contributed by atoms with E-state index in [0.717, 1.165) is 0 Å². The number of halogens is 1. The number of aliphatic carboxylic acids is 1. The first-order valence-corrected chi connectivity index (χ1v) is 13.8. The molecule has 0 aromatic heterocycles. The third kappa shape index (κ3) is 18.3. The molecule has 2 nitrogen and oxygen atoms in total. The zero-order valence-electron chi connectivity index (χ0n) is 12.8. The molecule has 0 atom stereocenters. The molecular weight excluding hydrogens is 366 g/mol. The van der Waals surface area contributed by atoms with E-state index in [1.54, 1.807) is 13.3 Å². The molecule has 1 N–H and O–H groups in total. The van der Waals surface area contributed by atoms with Crippen LogP contribution in [0.3, 0.4) is 0 Å². The summed E-state index contributed by atoms with van der Waals surface area (Å²) in [6.07, 6.45) is 8.85. The molecule has 0 spiro atoms. The van der Waals surface area contributed by atoms with E-state index in [4.69, 9.17) is 16.7 Å². The van der Waals surface area contributed by atoms with Crippen molar-refractivity contribution in [2.75, 3.05) is 0 Å². The summed E-state index contributed by atoms with van der Waals surface area (Å²) in [4.78, 5) is 9.47. The van der Waals surface area contributed by atoms with Crippen LogP contribution in [0.25, 0.3) is 0 Å². The van der Waals surface area contributed by atoms with Gasteiger partial charge in [-0.15, -0.1) is 0 Å². The molecule has 0 saturated carbocycles. The van der Waals surface area contributed by atoms with Crippen molar-refractivity contribution in [3.63, 3.8) is 0 Å². The number of carboxylic acid groups (broad SMARTS) is 1. The normalized spacial score (nSPS) is 9.95. The molecule has 0 unspecified atom stereocenters. The van der Waals surface area contributed by atoms with Crippen LogP contribution in [0.5, 0.6) is 0 Å². The summed E-state index contributed by atoms with van der Waals surface area (Å²) in [5.41, 5.74) is 0. The van der Waals surface area contributed by atoms with Gasteiger partial charge in [-0.2, -0.15) is 0 Å². The number of hydrogen-bond donors (Lipinski definition) is 1. The second kappa shape index (κ2) is 16.4. The number of hydrogen-bond acceptors (Lipinski definition) is 1. The van der Waals surface area contributed by atoms with Gasteiger partial charge in [0.25, 0.3) is 0 Å². The second-order valence-electron chi connectivity index (χ2n) is 4.77. The summed E-state index contributed by atoms with van der Waals surface area (Å²) in [7, 11) is 0. The van der Waals surface area contributed by atoms with Gasteiger partial charge in [-0.3, -0.25) is 0 Å². The number of carbonyl (C=O) groups is 1. The van der Waals surface area contributed by atoms with E-state index in [1.165, 1.54) is 38.5 Å². The Bertz CT molecular complexity index is 201. The van der Waals surface area contributed by atoms with Crippen LogP contribution < -0.4 is 0 Å². The van der Waals surface area contributed by atoms with Gasteiger partial charge in [0, 0.05) is 0 Å². The molecule has 19 heavy (non-hydrogen) atoms. The van der Waals surface area contributed by atoms with E-state index in [-0.39, 0.29) is 5.03 Å². The summed E-state index contributed by atoms with van der Waals surface area (Å²) >= 11 is 3.98. The van der Waals surface area contributed by atoms with E-state index in [2.05, 4.69) is 27.4 Å². The van der Waals surface area contributed by atoms with Crippen molar-refractivity contribution >= 4 is 37.3 Å². The molecule has 0 aliphatic rings. The number of unbranched alkanes of at least 4 members (excludes halogenated alkanes) is 3. The van der Waals surface area contributed by atoms with Gasteiger partial charge >= 0.3 is 98.3 Å². The molecule has 0 amide bonds. The molecule has 0 fully saturated rings. The first-order chi connectivity index (χ1) is 8.99. The summed E-state index contributed by atoms with van der Waals surface area (Å²) < 4.78 is 5.04. The third-order valence-corrected chi connectivity index (χ3v) is 12.1. The van der Waals surface area contributed by atoms with Crippen molar-refractivity contribution in [2.45, 2.75) is 72.6 Å². The predicted octanol–water partition coefficient (Wildman–Crippen LogP) is 5.71. The molecule has 4 heteroatoms. The van der Waals surface area contributed by atoms with E-state index in [1.807, 2.05) is 0 Å². The Morgan fingerprint density at radius 1 is 1.00 bits per heavy atom. The van der Waals surface area contributed by atoms with Crippen molar-refractivity contribution in [1.29, 1.82) is 0 Å². The zero-order chi connectivity index (χ0) is 15.1. The molecule has 0 aromatic rings. The number of rotatable bonds is 10. The zero-order valence-corrected chi connectivity index (χ0v) is 16.4. The number of carboxylic acids is 1. The first kappa shape index (κ1) is 21.6. The van der Waals surface area contributed by atoms with E-state index in [9.17, 15) is 4.79 Å². The Kier molecular flexibility index (Phi) is 18.6. The monoisotopic (exact) mass is 397 g/mol. The topological polar surface area (TPSA) is 37.3 Å². The maximum absolute atomic E-state index is 9.47. The van der Waals surface area contributed by atoms with Crippen LogP contribution in [0, 0.1) is 0 Å². The predicted molar refractivity (Wildman–Crippen MR) is 87.5 cm³/mol. The van der Waals surface area contributed by atoms with Gasteiger partial charge in [0.1, 0.15) is 5.03 Å². The summed E-state index contributed by atoms with van der Waals surface area (Å²) in [6, 6.07) is 0. The van der Waals surface area contributed by atoms with Crippen LogP contribution in [-0.2, 0) is 4.79 Å². The average molecular weight is 397 g/mol. The SMILES string of the molecule is C=C(Cl)C(=O)O.CCC[CH2][Sn]([CH2]CCC)[CH2]CCC. The van der Waals surface area contributed by atoms with Crippen LogP contribution in [0.2, 0.25) is 13.3 Å². The Labute approximate surface area is 131 Å². The Morgan fingerprint density at radius 3 is 1.42 bits per heavy atom. The summed E-state index contributed by atoms with van der Waals surface area (Å²) in [5.74, 6) is -1.17. The summed E-state index contributed by atoms with van der Waals surface area (Å²) in [5, 5.41) is 7.41. The summed E-state index contributed by atoms with van der Waals surface area (Å²) in [6.45, 7) is 9.92. The molecule has 0 aromatic carbocycles. The Balaban J connectivity index is 0. The molecule has 0 bridgehead atoms. The molecule has 0 aliphatic carbocycles. The van der Waals surface area contributed by atoms with Crippen LogP contribution in [-0.4, -0.2) is 30.8 Å². The minimum atomic E-state index is -1.17. The Morgan fingerprint density at radius 2 is 1.26 bits per heavy atom. The van der Waals surface area contributed by atoms with Crippen molar-refractivity contribution in [3.05, 3.63) is 11.6 Å². The van der Waals surface area contributed by atoms with Crippen molar-refractivity contribution in [1.82, 2.24) is 0 Å². The van der Waals surface area contributed by atoms with Crippen molar-refractivity contribution in [2.24, 2.45) is 0 Å². The van der Waals surface area contributed by atoms with Gasteiger partial charge in [-0.05, 0) is 0 Å². The molecule has 1 radical (unpaired) electrons. The quantitative estimate of drug-likeness (QED) is 0.380. The fourth-order valence-corrected chi connectivity index (χ4v) is 11.1. The van der Waals surface area contributed by atoms with Crippen LogP contribution in [0.4, 0.5) is 0 Å². The van der Waals surface area contributed by atoms with Crippen LogP contribution >= 0.6 is 11.6 Å². The average Bonchev–Trinajstić information content (AvgIpc) is 2.38. The second-order valence-corrected chi connectivity index (χ2v) is 13.8. The van der Waals surface area contributed by atoms with E-state index in [0.29, 0.717) is 0 Å². The molecule has 113 valence electrons. The van der Waals surface area contributed by atoms with Crippen LogP contribution in [0.15, 0.2) is 11.6 Å². The van der Waals surface area contributed by atoms with Crippen LogP contribution in [0.1, 0.15) is 59.3 Å². The molecule has 0 rings (SSSR count). The maximum atomic E-state index is 9.47. The third-order valence-electron chi connectivity index (χ3n) is 2.88. The minimum absolute atomic E-state index is 0.352. The van der Waals surface area contributed by atoms with Crippen molar-refractivity contribution < 1.29 is 9.90 Å². The van der Waals surface area contributed by atoms with Gasteiger partial charge in [0.05, 0.1) is 0 Å².